The molecule has 52 heavy (non-hydrogen) atoms. The van der Waals surface area contributed by atoms with Gasteiger partial charge in [-0.2, -0.15) is 0 Å². The summed E-state index contributed by atoms with van der Waals surface area (Å²) >= 11 is 0. The number of hydrogen-bond donors (Lipinski definition) is 9. The van der Waals surface area contributed by atoms with Gasteiger partial charge in [0.2, 0.25) is 0 Å². The van der Waals surface area contributed by atoms with Gasteiger partial charge in [-0.05, 0) is 61.7 Å². The van der Waals surface area contributed by atoms with Gasteiger partial charge in [-0.15, -0.1) is 0 Å². The first-order chi connectivity index (χ1) is 24.8. The highest BCUT2D eigenvalue weighted by atomic mass is 16.8. The Balaban J connectivity index is 1.32. The number of aromatic hydroxyl groups is 2. The van der Waals surface area contributed by atoms with Gasteiger partial charge in [0.15, 0.2) is 25.0 Å². The van der Waals surface area contributed by atoms with Crippen molar-refractivity contribution in [2.45, 2.75) is 112 Å². The van der Waals surface area contributed by atoms with Gasteiger partial charge in [-0.25, -0.2) is 4.79 Å². The molecule has 17 heteroatoms. The summed E-state index contributed by atoms with van der Waals surface area (Å²) in [4.78, 5) is 13.0. The Morgan fingerprint density at radius 3 is 1.88 bits per heavy atom. The quantitative estimate of drug-likeness (QED) is 0.0879. The van der Waals surface area contributed by atoms with Crippen LogP contribution < -0.4 is 0 Å². The standard InChI is InChI=1S/C35H46O17/c1-16-24(40)25(41)27(43)34(47-16)51-30-17(2)48-35(28(44)26(30)42)52-32-29(45)33(46-14-13-19-5-10-21(38)11-6-19)49-22(15-36)31(32)50-23(39)12-7-18-3-8-20(37)9-4-18/h3-12,16-17,22,24-38,40-45H,13-15H2,1-2H3/b12-7+/t16-,17+,22+,24-,25+,26+,27-,28-,29+,30-,31+,32+,33+,34+,35+/m1/s1. The molecule has 0 unspecified atom stereocenters. The molecule has 3 fully saturated rings. The van der Waals surface area contributed by atoms with Gasteiger partial charge in [0.1, 0.15) is 66.4 Å². The Morgan fingerprint density at radius 1 is 0.673 bits per heavy atom. The SMILES string of the molecule is C[C@@H]1O[C@@H](O[C@H]2[C@H](O)[C@@H](OCCc3ccc(O)cc3)O[C@@H](CO)[C@@H]2OC(=O)/C=C/c2ccc(O)cc2)[C@H](O)[C@H](O)[C@@H]1O[C@@H]1O[C@H](C)[C@@H](O)[C@H](O)[C@H]1O. The number of hydrogen-bond acceptors (Lipinski definition) is 17. The molecular weight excluding hydrogens is 692 g/mol. The number of phenolic OH excluding ortho intramolecular Hbond substituents is 2. The Bertz CT molecular complexity index is 1460. The summed E-state index contributed by atoms with van der Waals surface area (Å²) in [6.07, 6.45) is -19.6. The molecule has 0 spiro atoms. The lowest BCUT2D eigenvalue weighted by atomic mass is 9.96. The third-order valence-electron chi connectivity index (χ3n) is 9.13. The van der Waals surface area contributed by atoms with Crippen molar-refractivity contribution in [2.75, 3.05) is 13.2 Å². The van der Waals surface area contributed by atoms with Crippen LogP contribution in [0.2, 0.25) is 0 Å². The van der Waals surface area contributed by atoms with Gasteiger partial charge in [-0.1, -0.05) is 24.3 Å². The fraction of sp³-hybridized carbons (Fsp3) is 0.571. The molecule has 3 heterocycles. The van der Waals surface area contributed by atoms with Gasteiger partial charge < -0.3 is 79.1 Å². The Kier molecular flexibility index (Phi) is 13.6. The predicted octanol–water partition coefficient (Wildman–Crippen LogP) is -1.58. The molecule has 0 saturated carbocycles. The zero-order valence-corrected chi connectivity index (χ0v) is 28.3. The van der Waals surface area contributed by atoms with Crippen LogP contribution in [-0.2, 0) is 44.4 Å². The van der Waals surface area contributed by atoms with E-state index < -0.39 is 105 Å². The van der Waals surface area contributed by atoms with E-state index in [9.17, 15) is 50.8 Å². The smallest absolute Gasteiger partial charge is 0.331 e. The van der Waals surface area contributed by atoms with Crippen molar-refractivity contribution < 1.29 is 83.9 Å². The molecule has 15 atom stereocenters. The molecule has 0 amide bonds. The fourth-order valence-electron chi connectivity index (χ4n) is 6.10. The summed E-state index contributed by atoms with van der Waals surface area (Å²) in [5, 5.41) is 93.7. The van der Waals surface area contributed by atoms with Crippen LogP contribution in [0.25, 0.3) is 6.08 Å². The van der Waals surface area contributed by atoms with Crippen LogP contribution in [0.4, 0.5) is 0 Å². The summed E-state index contributed by atoms with van der Waals surface area (Å²) in [5.41, 5.74) is 1.35. The summed E-state index contributed by atoms with van der Waals surface area (Å²) < 4.78 is 40.3. The summed E-state index contributed by atoms with van der Waals surface area (Å²) in [7, 11) is 0. The fourth-order valence-corrected chi connectivity index (χ4v) is 6.10. The third-order valence-corrected chi connectivity index (χ3v) is 9.13. The molecular formula is C35H46O17. The molecule has 3 aliphatic rings. The molecule has 0 radical (unpaired) electrons. The van der Waals surface area contributed by atoms with Crippen molar-refractivity contribution in [3.05, 3.63) is 65.7 Å². The molecule has 3 aliphatic heterocycles. The van der Waals surface area contributed by atoms with E-state index in [1.165, 1.54) is 44.2 Å². The molecule has 3 saturated heterocycles. The average Bonchev–Trinajstić information content (AvgIpc) is 3.12. The van der Waals surface area contributed by atoms with Crippen LogP contribution in [0, 0.1) is 0 Å². The maximum absolute atomic E-state index is 13.0. The molecule has 17 nitrogen and oxygen atoms in total. The Labute approximate surface area is 298 Å². The van der Waals surface area contributed by atoms with Crippen LogP contribution in [0.15, 0.2) is 54.6 Å². The molecule has 0 aliphatic carbocycles. The highest BCUT2D eigenvalue weighted by Crippen LogP contribution is 2.33. The summed E-state index contributed by atoms with van der Waals surface area (Å²) in [5.74, 6) is -0.819. The van der Waals surface area contributed by atoms with Gasteiger partial charge >= 0.3 is 5.97 Å². The van der Waals surface area contributed by atoms with Crippen molar-refractivity contribution in [3.63, 3.8) is 0 Å². The lowest BCUT2D eigenvalue weighted by Gasteiger charge is -2.48. The van der Waals surface area contributed by atoms with Gasteiger partial charge in [0.05, 0.1) is 25.4 Å². The van der Waals surface area contributed by atoms with E-state index in [1.807, 2.05) is 0 Å². The summed E-state index contributed by atoms with van der Waals surface area (Å²) in [6, 6.07) is 12.3. The number of phenols is 2. The number of esters is 1. The molecule has 5 rings (SSSR count). The van der Waals surface area contributed by atoms with Gasteiger partial charge in [0.25, 0.3) is 0 Å². The molecule has 288 valence electrons. The Morgan fingerprint density at radius 2 is 1.25 bits per heavy atom. The number of ether oxygens (including phenoxy) is 7. The first-order valence-corrected chi connectivity index (χ1v) is 16.8. The van der Waals surface area contributed by atoms with E-state index in [1.54, 1.807) is 24.3 Å². The number of rotatable bonds is 12. The lowest BCUT2D eigenvalue weighted by molar-refractivity contribution is -0.375. The van der Waals surface area contributed by atoms with Crippen molar-refractivity contribution in [2.24, 2.45) is 0 Å². The molecule has 2 aromatic rings. The minimum atomic E-state index is -1.86. The van der Waals surface area contributed by atoms with E-state index in [4.69, 9.17) is 33.2 Å². The zero-order chi connectivity index (χ0) is 37.7. The van der Waals surface area contributed by atoms with Crippen LogP contribution >= 0.6 is 0 Å². The van der Waals surface area contributed by atoms with Crippen LogP contribution in [0.1, 0.15) is 25.0 Å². The minimum Gasteiger partial charge on any atom is -0.508 e. The van der Waals surface area contributed by atoms with Crippen molar-refractivity contribution in [1.82, 2.24) is 0 Å². The average molecular weight is 739 g/mol. The van der Waals surface area contributed by atoms with E-state index >= 15 is 0 Å². The number of aliphatic hydroxyl groups excluding tert-OH is 7. The normalized spacial score (nSPS) is 38.3. The maximum atomic E-state index is 13.0. The highest BCUT2D eigenvalue weighted by molar-refractivity contribution is 5.87. The number of carbonyl (C=O) groups excluding carboxylic acids is 1. The second-order valence-corrected chi connectivity index (χ2v) is 12.9. The van der Waals surface area contributed by atoms with E-state index in [-0.39, 0.29) is 18.1 Å². The lowest BCUT2D eigenvalue weighted by Crippen LogP contribution is -2.66. The topological polar surface area (TPSA) is 264 Å². The number of carbonyl (C=O) groups is 1. The Hall–Kier alpha value is -3.27. The summed E-state index contributed by atoms with van der Waals surface area (Å²) in [6.45, 7) is 2.18. The van der Waals surface area contributed by atoms with Gasteiger partial charge in [-0.3, -0.25) is 0 Å². The van der Waals surface area contributed by atoms with Crippen molar-refractivity contribution >= 4 is 12.0 Å². The third kappa shape index (κ3) is 9.44. The molecule has 2 aromatic carbocycles. The largest absolute Gasteiger partial charge is 0.508 e. The monoisotopic (exact) mass is 738 g/mol. The van der Waals surface area contributed by atoms with Crippen LogP contribution in [-0.4, -0.2) is 157 Å². The second kappa shape index (κ2) is 17.7. The van der Waals surface area contributed by atoms with Crippen LogP contribution in [0.3, 0.4) is 0 Å². The first kappa shape index (κ1) is 39.9. The van der Waals surface area contributed by atoms with E-state index in [2.05, 4.69) is 0 Å². The molecule has 9 N–H and O–H groups in total. The highest BCUT2D eigenvalue weighted by Gasteiger charge is 2.54. The molecule has 0 bridgehead atoms. The van der Waals surface area contributed by atoms with E-state index in [0.717, 1.165) is 11.6 Å². The number of aliphatic hydroxyl groups is 7. The second-order valence-electron chi connectivity index (χ2n) is 12.9. The maximum Gasteiger partial charge on any atom is 0.331 e. The predicted molar refractivity (Wildman–Crippen MR) is 175 cm³/mol. The van der Waals surface area contributed by atoms with Crippen molar-refractivity contribution in [3.8, 4) is 11.5 Å². The minimum absolute atomic E-state index is 0.00788. The number of benzene rings is 2. The van der Waals surface area contributed by atoms with Gasteiger partial charge in [0, 0.05) is 6.08 Å². The van der Waals surface area contributed by atoms with Crippen LogP contribution in [0.5, 0.6) is 11.5 Å². The van der Waals surface area contributed by atoms with Crippen molar-refractivity contribution in [1.29, 1.82) is 0 Å². The first-order valence-electron chi connectivity index (χ1n) is 16.8. The zero-order valence-electron chi connectivity index (χ0n) is 28.3. The van der Waals surface area contributed by atoms with E-state index in [0.29, 0.717) is 12.0 Å². The molecule has 0 aromatic heterocycles.